The van der Waals surface area contributed by atoms with E-state index in [2.05, 4.69) is 0 Å². The second kappa shape index (κ2) is 7.83. The van der Waals surface area contributed by atoms with Crippen LogP contribution < -0.4 is 18.9 Å². The van der Waals surface area contributed by atoms with Crippen LogP contribution in [0.5, 0.6) is 17.2 Å². The van der Waals surface area contributed by atoms with Crippen molar-refractivity contribution < 1.29 is 31.8 Å². The highest BCUT2D eigenvalue weighted by Gasteiger charge is 2.21. The molecule has 0 fully saturated rings. The van der Waals surface area contributed by atoms with Crippen LogP contribution in [0.2, 0.25) is 0 Å². The number of amides is 1. The lowest BCUT2D eigenvalue weighted by atomic mass is 10.1. The van der Waals surface area contributed by atoms with Gasteiger partial charge in [0.05, 0.1) is 12.0 Å². The maximum absolute atomic E-state index is 13.7. The molecule has 0 spiro atoms. The summed E-state index contributed by atoms with van der Waals surface area (Å²) in [5, 5.41) is 0. The van der Waals surface area contributed by atoms with Crippen molar-refractivity contribution in [2.75, 3.05) is 20.3 Å². The van der Waals surface area contributed by atoms with E-state index in [1.165, 1.54) is 37.4 Å². The monoisotopic (exact) mass is 395 g/mol. The number of ether oxygens (including phenoxy) is 3. The Morgan fingerprint density at radius 1 is 1.15 bits per heavy atom. The van der Waals surface area contributed by atoms with E-state index in [0.717, 1.165) is 0 Å². The van der Waals surface area contributed by atoms with E-state index in [4.69, 9.17) is 14.2 Å². The van der Waals surface area contributed by atoms with Gasteiger partial charge in [-0.3, -0.25) is 4.79 Å². The fourth-order valence-electron chi connectivity index (χ4n) is 2.57. The molecular formula is C18H18FNO6S. The number of fused-ring (bicyclic) bond motifs is 1. The number of methoxy groups -OCH3 is 1. The number of nitrogens with one attached hydrogen (secondary N) is 1. The zero-order chi connectivity index (χ0) is 19.4. The molecule has 0 aliphatic carbocycles. The summed E-state index contributed by atoms with van der Waals surface area (Å²) >= 11 is 0. The van der Waals surface area contributed by atoms with Crippen LogP contribution in [-0.4, -0.2) is 34.6 Å². The molecule has 9 heteroatoms. The summed E-state index contributed by atoms with van der Waals surface area (Å²) in [5.74, 6) is -0.372. The molecule has 0 bridgehead atoms. The topological polar surface area (TPSA) is 90.9 Å². The van der Waals surface area contributed by atoms with Gasteiger partial charge in [0, 0.05) is 12.5 Å². The van der Waals surface area contributed by atoms with Crippen LogP contribution in [0.15, 0.2) is 41.3 Å². The Balaban J connectivity index is 1.63. The average Bonchev–Trinajstić information content (AvgIpc) is 2.65. The Hall–Kier alpha value is -2.81. The molecule has 1 aliphatic heterocycles. The van der Waals surface area contributed by atoms with Gasteiger partial charge in [-0.1, -0.05) is 6.07 Å². The van der Waals surface area contributed by atoms with Crippen LogP contribution in [-0.2, 0) is 21.2 Å². The van der Waals surface area contributed by atoms with Crippen LogP contribution in [0, 0.1) is 5.82 Å². The molecule has 1 heterocycles. The molecule has 3 rings (SSSR count). The Morgan fingerprint density at radius 3 is 2.59 bits per heavy atom. The number of carbonyl (C=O) groups excluding carboxylic acids is 1. The summed E-state index contributed by atoms with van der Waals surface area (Å²) in [7, 11) is -2.69. The first-order valence-electron chi connectivity index (χ1n) is 8.17. The van der Waals surface area contributed by atoms with Crippen molar-refractivity contribution in [3.63, 3.8) is 0 Å². The molecule has 27 heavy (non-hydrogen) atoms. The molecule has 2 aromatic carbocycles. The minimum Gasteiger partial charge on any atom is -0.494 e. The van der Waals surface area contributed by atoms with Gasteiger partial charge in [0.15, 0.2) is 23.1 Å². The van der Waals surface area contributed by atoms with Crippen LogP contribution in [0.4, 0.5) is 4.39 Å². The van der Waals surface area contributed by atoms with Crippen LogP contribution in [0.3, 0.4) is 0 Å². The maximum atomic E-state index is 13.7. The molecule has 0 aromatic heterocycles. The molecule has 1 aliphatic rings. The standard InChI is InChI=1S/C18H18FNO6S/c1-24-15-5-2-12(10-14(15)19)3-7-18(21)20-27(22,23)13-4-6-16-17(11-13)26-9-8-25-16/h2,4-6,10-11H,3,7-9H2,1H3,(H,20,21). The van der Waals surface area contributed by atoms with Gasteiger partial charge >= 0.3 is 0 Å². The van der Waals surface area contributed by atoms with Crippen molar-refractivity contribution in [1.29, 1.82) is 0 Å². The molecule has 1 N–H and O–H groups in total. The molecule has 144 valence electrons. The fourth-order valence-corrected chi connectivity index (χ4v) is 3.60. The van der Waals surface area contributed by atoms with E-state index >= 15 is 0 Å². The van der Waals surface area contributed by atoms with Crippen LogP contribution >= 0.6 is 0 Å². The number of benzene rings is 2. The van der Waals surface area contributed by atoms with Crippen molar-refractivity contribution in [3.8, 4) is 17.2 Å². The van der Waals surface area contributed by atoms with E-state index in [9.17, 15) is 17.6 Å². The Bertz CT molecular complexity index is 960. The smallest absolute Gasteiger partial charge is 0.264 e. The summed E-state index contributed by atoms with van der Waals surface area (Å²) in [6.07, 6.45) is 0.0684. The van der Waals surface area contributed by atoms with Gasteiger partial charge in [0.1, 0.15) is 13.2 Å². The third kappa shape index (κ3) is 4.48. The molecule has 1 amide bonds. The zero-order valence-electron chi connectivity index (χ0n) is 14.5. The van der Waals surface area contributed by atoms with E-state index < -0.39 is 21.7 Å². The third-order valence-corrected chi connectivity index (χ3v) is 5.30. The first kappa shape index (κ1) is 19.0. The van der Waals surface area contributed by atoms with Gasteiger partial charge in [-0.05, 0) is 36.2 Å². The Labute approximate surface area is 156 Å². The van der Waals surface area contributed by atoms with Gasteiger partial charge in [-0.15, -0.1) is 0 Å². The van der Waals surface area contributed by atoms with Crippen molar-refractivity contribution in [2.45, 2.75) is 17.7 Å². The number of sulfonamides is 1. The molecular weight excluding hydrogens is 377 g/mol. The third-order valence-electron chi connectivity index (χ3n) is 3.93. The summed E-state index contributed by atoms with van der Waals surface area (Å²) < 4.78 is 55.9. The van der Waals surface area contributed by atoms with Gasteiger partial charge in [0.2, 0.25) is 5.91 Å². The molecule has 2 aromatic rings. The van der Waals surface area contributed by atoms with Crippen LogP contribution in [0.25, 0.3) is 0 Å². The van der Waals surface area contributed by atoms with Crippen molar-refractivity contribution in [2.24, 2.45) is 0 Å². The van der Waals surface area contributed by atoms with Gasteiger partial charge in [-0.25, -0.2) is 17.5 Å². The van der Waals surface area contributed by atoms with E-state index in [0.29, 0.717) is 30.3 Å². The zero-order valence-corrected chi connectivity index (χ0v) is 15.3. The predicted octanol–water partition coefficient (Wildman–Crippen LogP) is 2.04. The second-order valence-corrected chi connectivity index (χ2v) is 7.49. The largest absolute Gasteiger partial charge is 0.494 e. The SMILES string of the molecule is COc1ccc(CCC(=O)NS(=O)(=O)c2ccc3c(c2)OCCO3)cc1F. The lowest BCUT2D eigenvalue weighted by Gasteiger charge is -2.18. The van der Waals surface area contributed by atoms with Crippen molar-refractivity contribution >= 4 is 15.9 Å². The number of rotatable bonds is 6. The summed E-state index contributed by atoms with van der Waals surface area (Å²) in [6, 6.07) is 8.44. The Morgan fingerprint density at radius 2 is 1.89 bits per heavy atom. The summed E-state index contributed by atoms with van der Waals surface area (Å²) in [4.78, 5) is 11.9. The minimum absolute atomic E-state index is 0.101. The van der Waals surface area contributed by atoms with E-state index in [1.54, 1.807) is 6.07 Å². The second-order valence-electron chi connectivity index (χ2n) is 5.80. The molecule has 0 atom stereocenters. The predicted molar refractivity (Wildman–Crippen MR) is 94.0 cm³/mol. The van der Waals surface area contributed by atoms with Crippen molar-refractivity contribution in [3.05, 3.63) is 47.8 Å². The number of aryl methyl sites for hydroxylation is 1. The van der Waals surface area contributed by atoms with E-state index in [1.807, 2.05) is 4.72 Å². The van der Waals surface area contributed by atoms with Gasteiger partial charge in [0.25, 0.3) is 10.0 Å². The maximum Gasteiger partial charge on any atom is 0.264 e. The average molecular weight is 395 g/mol. The lowest BCUT2D eigenvalue weighted by molar-refractivity contribution is -0.119. The highest BCUT2D eigenvalue weighted by atomic mass is 32.2. The van der Waals surface area contributed by atoms with E-state index in [-0.39, 0.29) is 23.5 Å². The summed E-state index contributed by atoms with van der Waals surface area (Å²) in [5.41, 5.74) is 0.556. The highest BCUT2D eigenvalue weighted by molar-refractivity contribution is 7.90. The first-order valence-corrected chi connectivity index (χ1v) is 9.65. The first-order chi connectivity index (χ1) is 12.9. The number of carbonyl (C=O) groups is 1. The summed E-state index contributed by atoms with van der Waals surface area (Å²) in [6.45, 7) is 0.711. The number of halogens is 1. The normalized spacial score (nSPS) is 13.1. The van der Waals surface area contributed by atoms with Crippen LogP contribution in [0.1, 0.15) is 12.0 Å². The quantitative estimate of drug-likeness (QED) is 0.805. The molecule has 0 saturated carbocycles. The fraction of sp³-hybridized carbons (Fsp3) is 0.278. The Kier molecular flexibility index (Phi) is 5.50. The van der Waals surface area contributed by atoms with Gasteiger partial charge in [-0.2, -0.15) is 0 Å². The lowest BCUT2D eigenvalue weighted by Crippen LogP contribution is -2.30. The molecule has 0 saturated heterocycles. The van der Waals surface area contributed by atoms with Gasteiger partial charge < -0.3 is 14.2 Å². The molecule has 0 radical (unpaired) electrons. The number of hydrogen-bond acceptors (Lipinski definition) is 6. The highest BCUT2D eigenvalue weighted by Crippen LogP contribution is 2.32. The molecule has 0 unspecified atom stereocenters. The number of hydrogen-bond donors (Lipinski definition) is 1. The van der Waals surface area contributed by atoms with Crippen molar-refractivity contribution in [1.82, 2.24) is 4.72 Å². The minimum atomic E-state index is -4.05. The molecule has 7 nitrogen and oxygen atoms in total.